The van der Waals surface area contributed by atoms with Gasteiger partial charge in [0.25, 0.3) is 0 Å². The van der Waals surface area contributed by atoms with Gasteiger partial charge in [0.2, 0.25) is 0 Å². The summed E-state index contributed by atoms with van der Waals surface area (Å²) >= 11 is 0. The van der Waals surface area contributed by atoms with Crippen molar-refractivity contribution in [2.45, 2.75) is 144 Å². The van der Waals surface area contributed by atoms with Crippen LogP contribution in [-0.4, -0.2) is 31.3 Å². The number of carbonyl (C=O) groups is 2. The van der Waals surface area contributed by atoms with Crippen molar-refractivity contribution in [3.63, 3.8) is 0 Å². The Balaban J connectivity index is 1.07. The van der Waals surface area contributed by atoms with Crippen LogP contribution in [0.15, 0.2) is 48.1 Å². The van der Waals surface area contributed by atoms with Crippen LogP contribution in [-0.2, 0) is 14.3 Å². The lowest BCUT2D eigenvalue weighted by atomic mass is 9.47. The summed E-state index contributed by atoms with van der Waals surface area (Å²) in [4.78, 5) is 24.6. The van der Waals surface area contributed by atoms with Crippen LogP contribution in [0.3, 0.4) is 0 Å². The van der Waals surface area contributed by atoms with E-state index in [-0.39, 0.29) is 23.5 Å². The van der Waals surface area contributed by atoms with E-state index in [0.717, 1.165) is 86.2 Å². The van der Waals surface area contributed by atoms with E-state index in [2.05, 4.69) is 47.3 Å². The van der Waals surface area contributed by atoms with Gasteiger partial charge in [-0.1, -0.05) is 72.1 Å². The van der Waals surface area contributed by atoms with Crippen molar-refractivity contribution in [1.82, 2.24) is 0 Å². The Morgan fingerprint density at radius 2 is 1.61 bits per heavy atom. The first-order valence-electron chi connectivity index (χ1n) is 19.9. The molecule has 5 heteroatoms. The highest BCUT2D eigenvalue weighted by atomic mass is 16.5. The number of rotatable bonds is 16. The van der Waals surface area contributed by atoms with E-state index >= 15 is 0 Å². The molecule has 8 atom stereocenters. The molecule has 49 heavy (non-hydrogen) atoms. The molecule has 0 aliphatic heterocycles. The van der Waals surface area contributed by atoms with Gasteiger partial charge in [0.1, 0.15) is 11.9 Å². The second kappa shape index (κ2) is 16.6. The molecule has 4 aliphatic carbocycles. The first kappa shape index (κ1) is 37.7. The number of carbonyl (C=O) groups excluding carboxylic acids is 2. The molecule has 0 unspecified atom stereocenters. The maximum atomic E-state index is 13.2. The van der Waals surface area contributed by atoms with Crippen LogP contribution < -0.4 is 4.74 Å². The van der Waals surface area contributed by atoms with Crippen LogP contribution in [0.1, 0.15) is 148 Å². The van der Waals surface area contributed by atoms with Crippen molar-refractivity contribution in [3.05, 3.63) is 53.6 Å². The monoisotopic (exact) mass is 674 g/mol. The molecule has 1 aromatic rings. The van der Waals surface area contributed by atoms with Crippen LogP contribution in [0.2, 0.25) is 0 Å². The van der Waals surface area contributed by atoms with Gasteiger partial charge >= 0.3 is 11.9 Å². The lowest BCUT2D eigenvalue weighted by Gasteiger charge is -2.58. The average molecular weight is 675 g/mol. The van der Waals surface area contributed by atoms with Gasteiger partial charge in [-0.05, 0) is 148 Å². The smallest absolute Gasteiger partial charge is 0.338 e. The number of hydrogen-bond donors (Lipinski definition) is 0. The van der Waals surface area contributed by atoms with Crippen LogP contribution >= 0.6 is 0 Å². The van der Waals surface area contributed by atoms with Crippen molar-refractivity contribution in [3.8, 4) is 5.75 Å². The Bertz CT molecular complexity index is 1310. The Morgan fingerprint density at radius 3 is 2.33 bits per heavy atom. The first-order chi connectivity index (χ1) is 23.4. The van der Waals surface area contributed by atoms with Crippen molar-refractivity contribution in [2.24, 2.45) is 46.3 Å². The van der Waals surface area contributed by atoms with Crippen LogP contribution in [0.25, 0.3) is 0 Å². The number of benzene rings is 1. The molecular weight excluding hydrogens is 608 g/mol. The second-order valence-corrected chi connectivity index (χ2v) is 17.3. The zero-order valence-electron chi connectivity index (χ0n) is 31.7. The molecule has 4 aliphatic rings. The van der Waals surface area contributed by atoms with Gasteiger partial charge in [-0.2, -0.15) is 0 Å². The minimum atomic E-state index is -0.321. The average Bonchev–Trinajstić information content (AvgIpc) is 3.43. The molecule has 5 rings (SSSR count). The molecule has 5 nitrogen and oxygen atoms in total. The number of allylic oxidation sites excluding steroid dienone is 1. The van der Waals surface area contributed by atoms with Gasteiger partial charge in [-0.25, -0.2) is 9.59 Å². The normalized spacial score (nSPS) is 31.2. The fraction of sp³-hybridized carbons (Fsp3) is 0.727. The number of esters is 2. The summed E-state index contributed by atoms with van der Waals surface area (Å²) in [5.74, 6) is 5.23. The van der Waals surface area contributed by atoms with E-state index in [4.69, 9.17) is 14.2 Å². The van der Waals surface area contributed by atoms with Gasteiger partial charge in [0.15, 0.2) is 0 Å². The molecule has 0 radical (unpaired) electrons. The number of ether oxygens (including phenoxy) is 3. The number of hydrogen-bond acceptors (Lipinski definition) is 5. The van der Waals surface area contributed by atoms with Gasteiger partial charge < -0.3 is 14.2 Å². The summed E-state index contributed by atoms with van der Waals surface area (Å²) in [6, 6.07) is 7.38. The summed E-state index contributed by atoms with van der Waals surface area (Å²) in [5, 5.41) is 0. The fourth-order valence-corrected chi connectivity index (χ4v) is 10.7. The summed E-state index contributed by atoms with van der Waals surface area (Å²) in [6.07, 6.45) is 20.3. The molecule has 1 aromatic carbocycles. The molecule has 0 amide bonds. The highest BCUT2D eigenvalue weighted by Gasteiger charge is 2.59. The summed E-state index contributed by atoms with van der Waals surface area (Å²) < 4.78 is 17.2. The first-order valence-corrected chi connectivity index (χ1v) is 19.9. The van der Waals surface area contributed by atoms with E-state index in [9.17, 15) is 9.59 Å². The predicted molar refractivity (Wildman–Crippen MR) is 198 cm³/mol. The topological polar surface area (TPSA) is 61.8 Å². The fourth-order valence-electron chi connectivity index (χ4n) is 10.7. The SMILES string of the molecule is C=C(C)C(=O)OCCCCCCOc1ccc(C(=O)O[C@H]2CC[C@@]3(C)C(=CC[C@H]4[C@@H]5CC[C@H]([C@H](C)CCCC(C)C)[C@@]5(C)CC[C@@H]43)C2)cc1. The largest absolute Gasteiger partial charge is 0.494 e. The quantitative estimate of drug-likeness (QED) is 0.0756. The van der Waals surface area contributed by atoms with E-state index < -0.39 is 0 Å². The van der Waals surface area contributed by atoms with Crippen molar-refractivity contribution >= 4 is 11.9 Å². The lowest BCUT2D eigenvalue weighted by Crippen LogP contribution is -2.51. The minimum Gasteiger partial charge on any atom is -0.494 e. The molecule has 0 saturated heterocycles. The summed E-state index contributed by atoms with van der Waals surface area (Å²) in [7, 11) is 0. The van der Waals surface area contributed by atoms with Crippen LogP contribution in [0, 0.1) is 46.3 Å². The van der Waals surface area contributed by atoms with Gasteiger partial charge in [-0.15, -0.1) is 0 Å². The molecule has 0 N–H and O–H groups in total. The standard InChI is InChI=1S/C44H66O5/c1-30(2)13-12-14-32(5)38-21-22-39-37-20-17-34-29-36(23-25-43(34,6)40(37)24-26-44(38,39)7)49-42(46)33-15-18-35(19-16-33)47-27-10-8-9-11-28-48-41(45)31(3)4/h15-19,30,32,36-40H,3,8-14,20-29H2,1-2,4-7H3/t32-,36+,37+,38-,39+,40+,43+,44-/m1/s1. The van der Waals surface area contributed by atoms with E-state index in [1.807, 2.05) is 24.3 Å². The van der Waals surface area contributed by atoms with Gasteiger partial charge in [-0.3, -0.25) is 0 Å². The van der Waals surface area contributed by atoms with Crippen LogP contribution in [0.4, 0.5) is 0 Å². The Morgan fingerprint density at radius 1 is 0.878 bits per heavy atom. The molecule has 0 bridgehead atoms. The lowest BCUT2D eigenvalue weighted by molar-refractivity contribution is -0.139. The molecule has 0 spiro atoms. The molecule has 0 aromatic heterocycles. The molecule has 3 saturated carbocycles. The Kier molecular flexibility index (Phi) is 12.8. The third-order valence-electron chi connectivity index (χ3n) is 13.5. The Labute approximate surface area is 298 Å². The van der Waals surface area contributed by atoms with Crippen molar-refractivity contribution in [2.75, 3.05) is 13.2 Å². The van der Waals surface area contributed by atoms with E-state index in [1.165, 1.54) is 51.4 Å². The zero-order chi connectivity index (χ0) is 35.2. The Hall–Kier alpha value is -2.56. The maximum absolute atomic E-state index is 13.2. The number of fused-ring (bicyclic) bond motifs is 5. The zero-order valence-corrected chi connectivity index (χ0v) is 31.7. The summed E-state index contributed by atoms with van der Waals surface area (Å²) in [6.45, 7) is 18.8. The molecular formula is C44H66O5. The number of unbranched alkanes of at least 4 members (excludes halogenated alkanes) is 3. The van der Waals surface area contributed by atoms with Crippen molar-refractivity contribution in [1.29, 1.82) is 0 Å². The van der Waals surface area contributed by atoms with E-state index in [0.29, 0.717) is 29.8 Å². The second-order valence-electron chi connectivity index (χ2n) is 17.3. The predicted octanol–water partition coefficient (Wildman–Crippen LogP) is 11.3. The minimum absolute atomic E-state index is 0.0416. The van der Waals surface area contributed by atoms with Crippen molar-refractivity contribution < 1.29 is 23.8 Å². The summed E-state index contributed by atoms with van der Waals surface area (Å²) in [5.41, 5.74) is 3.35. The highest BCUT2D eigenvalue weighted by Crippen LogP contribution is 2.67. The van der Waals surface area contributed by atoms with Gasteiger partial charge in [0, 0.05) is 12.0 Å². The van der Waals surface area contributed by atoms with Gasteiger partial charge in [0.05, 0.1) is 18.8 Å². The van der Waals surface area contributed by atoms with E-state index in [1.54, 1.807) is 12.5 Å². The third kappa shape index (κ3) is 8.85. The molecule has 272 valence electrons. The molecule has 0 heterocycles. The third-order valence-corrected chi connectivity index (χ3v) is 13.5. The molecule has 3 fully saturated rings. The maximum Gasteiger partial charge on any atom is 0.338 e. The highest BCUT2D eigenvalue weighted by molar-refractivity contribution is 5.89. The van der Waals surface area contributed by atoms with Crippen LogP contribution in [0.5, 0.6) is 5.75 Å².